The van der Waals surface area contributed by atoms with Gasteiger partial charge in [-0.3, -0.25) is 0 Å². The molecule has 0 aliphatic rings. The van der Waals surface area contributed by atoms with Gasteiger partial charge in [0.1, 0.15) is 50.8 Å². The highest BCUT2D eigenvalue weighted by molar-refractivity contribution is 5.82. The first kappa shape index (κ1) is 56.5. The molecule has 0 saturated carbocycles. The molecule has 336 valence electrons. The summed E-state index contributed by atoms with van der Waals surface area (Å²) in [5, 5.41) is 38.2. The van der Waals surface area contributed by atoms with Gasteiger partial charge in [-0.25, -0.2) is 19.2 Å². The summed E-state index contributed by atoms with van der Waals surface area (Å²) < 4.78 is 61.3. The van der Waals surface area contributed by atoms with Crippen molar-refractivity contribution in [3.8, 4) is 0 Å². The second kappa shape index (κ2) is 40.2. The van der Waals surface area contributed by atoms with E-state index in [1.54, 1.807) is 13.8 Å². The third-order valence-electron chi connectivity index (χ3n) is 6.30. The number of carbonyl (C=O) groups excluding carboxylic acids is 4. The van der Waals surface area contributed by atoms with Gasteiger partial charge in [-0.1, -0.05) is 26.3 Å². The van der Waals surface area contributed by atoms with Gasteiger partial charge in [-0.15, -0.1) is 0 Å². The number of rotatable bonds is 38. The van der Waals surface area contributed by atoms with Gasteiger partial charge in [-0.05, 0) is 13.8 Å². The monoisotopic (exact) mass is 840 g/mol. The number of hydrogen-bond acceptors (Lipinski definition) is 20. The van der Waals surface area contributed by atoms with Crippen LogP contribution in [0.15, 0.2) is 50.6 Å². The first-order chi connectivity index (χ1) is 27.8. The van der Waals surface area contributed by atoms with Crippen LogP contribution in [0.3, 0.4) is 0 Å². The summed E-state index contributed by atoms with van der Waals surface area (Å²) in [6.07, 6.45) is -0.0891. The van der Waals surface area contributed by atoms with Gasteiger partial charge in [-0.2, -0.15) is 0 Å². The predicted octanol–water partition coefficient (Wildman–Crippen LogP) is -0.757. The van der Waals surface area contributed by atoms with E-state index in [0.717, 1.165) is 24.3 Å². The van der Waals surface area contributed by atoms with Crippen LogP contribution in [0.4, 0.5) is 0 Å². The van der Waals surface area contributed by atoms with Crippen LogP contribution in [0, 0.1) is 0 Å². The lowest BCUT2D eigenvalue weighted by atomic mass is 10.4. The quantitative estimate of drug-likeness (QED) is 0.0258. The molecule has 6 atom stereocenters. The molecule has 0 bridgehead atoms. The molecule has 0 saturated heterocycles. The fourth-order valence-corrected chi connectivity index (χ4v) is 3.40. The molecule has 58 heavy (non-hydrogen) atoms. The second-order valence-electron chi connectivity index (χ2n) is 11.8. The van der Waals surface area contributed by atoms with Crippen LogP contribution in [0.2, 0.25) is 0 Å². The Morgan fingerprint density at radius 2 is 0.603 bits per heavy atom. The fraction of sp³-hybridized carbons (Fsp3) is 0.684. The topological polar surface area (TPSA) is 260 Å². The van der Waals surface area contributed by atoms with Crippen molar-refractivity contribution in [3.63, 3.8) is 0 Å². The Hall–Kier alpha value is -3.64. The average Bonchev–Trinajstić information content (AvgIpc) is 3.22. The molecule has 0 aliphatic carbocycles. The summed E-state index contributed by atoms with van der Waals surface area (Å²) in [5.41, 5.74) is 0. The highest BCUT2D eigenvalue weighted by Gasteiger charge is 2.13. The zero-order valence-corrected chi connectivity index (χ0v) is 33.7. The molecular formula is C38H64O20. The molecule has 0 heterocycles. The summed E-state index contributed by atoms with van der Waals surface area (Å²) >= 11 is 0. The van der Waals surface area contributed by atoms with Gasteiger partial charge >= 0.3 is 23.9 Å². The van der Waals surface area contributed by atoms with Crippen molar-refractivity contribution in [2.75, 3.05) is 119 Å². The molecule has 20 nitrogen and oxygen atoms in total. The molecule has 6 unspecified atom stereocenters. The Labute approximate surface area is 340 Å². The average molecular weight is 841 g/mol. The molecule has 0 aromatic heterocycles. The SMILES string of the molecule is C=CC(=O)OCC(O)COC(C)COCCOCC(C)OCC(O)COC(=O)C=C.C=CC(=O)OCC(O)COCCOCCOCCOCC(O)COC(=O)C=C. The molecule has 0 fully saturated rings. The Kier molecular flexibility index (Phi) is 39.1. The number of aliphatic hydroxyl groups excluding tert-OH is 4. The minimum absolute atomic E-state index is 0.0128. The Morgan fingerprint density at radius 1 is 0.379 bits per heavy atom. The van der Waals surface area contributed by atoms with E-state index >= 15 is 0 Å². The lowest BCUT2D eigenvalue weighted by Gasteiger charge is -2.17. The Balaban J connectivity index is 0. The van der Waals surface area contributed by atoms with E-state index < -0.39 is 48.3 Å². The molecule has 20 heteroatoms. The maximum atomic E-state index is 10.9. The van der Waals surface area contributed by atoms with Crippen LogP contribution in [0.5, 0.6) is 0 Å². The summed E-state index contributed by atoms with van der Waals surface area (Å²) in [6, 6.07) is 0. The van der Waals surface area contributed by atoms with Gasteiger partial charge in [0.25, 0.3) is 0 Å². The Morgan fingerprint density at radius 3 is 0.862 bits per heavy atom. The van der Waals surface area contributed by atoms with Gasteiger partial charge in [0, 0.05) is 24.3 Å². The predicted molar refractivity (Wildman–Crippen MR) is 204 cm³/mol. The number of ether oxygens (including phenoxy) is 12. The summed E-state index contributed by atoms with van der Waals surface area (Å²) in [5.74, 6) is -2.40. The zero-order chi connectivity index (χ0) is 43.8. The third-order valence-corrected chi connectivity index (χ3v) is 6.30. The van der Waals surface area contributed by atoms with E-state index in [1.165, 1.54) is 0 Å². The fourth-order valence-electron chi connectivity index (χ4n) is 3.40. The number of hydrogen-bond donors (Lipinski definition) is 4. The van der Waals surface area contributed by atoms with Crippen LogP contribution in [-0.2, 0) is 76.0 Å². The summed E-state index contributed by atoms with van der Waals surface area (Å²) in [6.45, 7) is 19.3. The van der Waals surface area contributed by atoms with E-state index in [2.05, 4.69) is 35.8 Å². The molecular weight excluding hydrogens is 776 g/mol. The standard InChI is InChI=1S/C20H34O10.C18H30O10/c1-5-19(23)29-13-17(21)11-27-15(3)9-25-7-8-26-10-16(4)28-12-18(22)14-30-20(24)6-2;1-3-17(21)27-13-15(19)11-25-9-7-23-5-6-24-8-10-26-12-16(20)14-28-18(22)4-2/h5-6,15-18,21-22H,1-2,7-14H2,3-4H3;3-4,15-16,19-20H,1-2,5-14H2. The Bertz CT molecular complexity index is 1020. The molecule has 0 radical (unpaired) electrons. The van der Waals surface area contributed by atoms with Crippen molar-refractivity contribution in [2.24, 2.45) is 0 Å². The zero-order valence-electron chi connectivity index (χ0n) is 33.7. The molecule has 0 aromatic carbocycles. The molecule has 0 aliphatic heterocycles. The normalized spacial score (nSPS) is 13.9. The molecule has 0 aromatic rings. The van der Waals surface area contributed by atoms with E-state index in [1.807, 2.05) is 0 Å². The maximum absolute atomic E-state index is 10.9. The van der Waals surface area contributed by atoms with Crippen molar-refractivity contribution in [3.05, 3.63) is 50.6 Å². The van der Waals surface area contributed by atoms with E-state index in [0.29, 0.717) is 52.9 Å². The lowest BCUT2D eigenvalue weighted by molar-refractivity contribution is -0.143. The van der Waals surface area contributed by atoms with Crippen LogP contribution in [0.25, 0.3) is 0 Å². The van der Waals surface area contributed by atoms with Crippen molar-refractivity contribution in [1.82, 2.24) is 0 Å². The van der Waals surface area contributed by atoms with Crippen molar-refractivity contribution < 1.29 is 96.4 Å². The number of esters is 4. The third kappa shape index (κ3) is 40.6. The van der Waals surface area contributed by atoms with Gasteiger partial charge in [0.15, 0.2) is 0 Å². The lowest BCUT2D eigenvalue weighted by Crippen LogP contribution is -2.28. The largest absolute Gasteiger partial charge is 0.460 e. The minimum atomic E-state index is -0.922. The van der Waals surface area contributed by atoms with Crippen LogP contribution >= 0.6 is 0 Å². The van der Waals surface area contributed by atoms with E-state index in [4.69, 9.17) is 47.4 Å². The van der Waals surface area contributed by atoms with E-state index in [-0.39, 0.29) is 78.3 Å². The van der Waals surface area contributed by atoms with Gasteiger partial charge < -0.3 is 77.3 Å². The highest BCUT2D eigenvalue weighted by atomic mass is 16.6. The number of aliphatic hydroxyl groups is 4. The maximum Gasteiger partial charge on any atom is 0.330 e. The van der Waals surface area contributed by atoms with Crippen molar-refractivity contribution >= 4 is 23.9 Å². The van der Waals surface area contributed by atoms with Crippen LogP contribution in [-0.4, -0.2) is 200 Å². The van der Waals surface area contributed by atoms with Gasteiger partial charge in [0.2, 0.25) is 0 Å². The smallest absolute Gasteiger partial charge is 0.330 e. The first-order valence-corrected chi connectivity index (χ1v) is 18.4. The van der Waals surface area contributed by atoms with E-state index in [9.17, 15) is 39.6 Å². The van der Waals surface area contributed by atoms with Gasteiger partial charge in [0.05, 0.1) is 105 Å². The van der Waals surface area contributed by atoms with Crippen molar-refractivity contribution in [1.29, 1.82) is 0 Å². The molecule has 0 rings (SSSR count). The highest BCUT2D eigenvalue weighted by Crippen LogP contribution is 1.99. The summed E-state index contributed by atoms with van der Waals surface area (Å²) in [4.78, 5) is 43.4. The van der Waals surface area contributed by atoms with Crippen LogP contribution < -0.4 is 0 Å². The van der Waals surface area contributed by atoms with Crippen molar-refractivity contribution in [2.45, 2.75) is 50.5 Å². The minimum Gasteiger partial charge on any atom is -0.460 e. The van der Waals surface area contributed by atoms with Crippen LogP contribution in [0.1, 0.15) is 13.8 Å². The second-order valence-corrected chi connectivity index (χ2v) is 11.8. The number of carbonyl (C=O) groups is 4. The molecule has 0 spiro atoms. The summed E-state index contributed by atoms with van der Waals surface area (Å²) in [7, 11) is 0. The first-order valence-electron chi connectivity index (χ1n) is 18.4. The molecule has 0 amide bonds. The molecule has 4 N–H and O–H groups in total.